The molecule has 0 amide bonds. The van der Waals surface area contributed by atoms with Crippen LogP contribution in [-0.4, -0.2) is 5.84 Å². The van der Waals surface area contributed by atoms with E-state index in [0.717, 1.165) is 16.7 Å². The molecule has 0 aliphatic rings. The molecule has 0 unspecified atom stereocenters. The zero-order chi connectivity index (χ0) is 23.5. The van der Waals surface area contributed by atoms with Crippen molar-refractivity contribution in [2.24, 2.45) is 10.7 Å². The molecule has 2 nitrogen and oxygen atoms in total. The third-order valence-electron chi connectivity index (χ3n) is 4.55. The molecule has 2 rings (SSSR count). The van der Waals surface area contributed by atoms with E-state index in [1.54, 1.807) is 0 Å². The van der Waals surface area contributed by atoms with E-state index in [9.17, 15) is 0 Å². The Hall–Kier alpha value is -2.87. The average molecular weight is 419 g/mol. The molecule has 0 radical (unpaired) electrons. The second-order valence-electron chi connectivity index (χ2n) is 7.38. The first-order valence-electron chi connectivity index (χ1n) is 11.2. The molecule has 31 heavy (non-hydrogen) atoms. The summed E-state index contributed by atoms with van der Waals surface area (Å²) in [6, 6.07) is 20.3. The van der Waals surface area contributed by atoms with Crippen LogP contribution in [0.15, 0.2) is 102 Å². The lowest BCUT2D eigenvalue weighted by Gasteiger charge is -2.32. The molecule has 2 N–H and O–H groups in total. The summed E-state index contributed by atoms with van der Waals surface area (Å²) in [4.78, 5) is 4.74. The van der Waals surface area contributed by atoms with E-state index in [2.05, 4.69) is 44.7 Å². The quantitative estimate of drug-likeness (QED) is 0.209. The molecule has 2 aromatic carbocycles. The smallest absolute Gasteiger partial charge is 0.133 e. The third-order valence-corrected chi connectivity index (χ3v) is 4.55. The predicted molar refractivity (Wildman–Crippen MR) is 141 cm³/mol. The van der Waals surface area contributed by atoms with Gasteiger partial charge in [0.2, 0.25) is 0 Å². The van der Waals surface area contributed by atoms with Crippen molar-refractivity contribution in [2.45, 2.75) is 66.3 Å². The second-order valence-corrected chi connectivity index (χ2v) is 7.38. The van der Waals surface area contributed by atoms with E-state index in [0.29, 0.717) is 5.84 Å². The van der Waals surface area contributed by atoms with Crippen molar-refractivity contribution in [1.82, 2.24) is 0 Å². The fourth-order valence-corrected chi connectivity index (χ4v) is 3.08. The average Bonchev–Trinajstić information content (AvgIpc) is 2.78. The van der Waals surface area contributed by atoms with E-state index in [1.165, 1.54) is 19.3 Å². The fraction of sp³-hybridized carbons (Fsp3) is 0.345. The molecule has 0 bridgehead atoms. The minimum Gasteiger partial charge on any atom is -0.388 e. The minimum atomic E-state index is -0.624. The van der Waals surface area contributed by atoms with Crippen molar-refractivity contribution in [3.8, 4) is 0 Å². The molecule has 0 heterocycles. The highest BCUT2D eigenvalue weighted by atomic mass is 14.9. The minimum absolute atomic E-state index is 0.542. The van der Waals surface area contributed by atoms with Gasteiger partial charge in [0.1, 0.15) is 5.54 Å². The monoisotopic (exact) mass is 418 g/mol. The van der Waals surface area contributed by atoms with Crippen LogP contribution in [0.4, 0.5) is 0 Å². The van der Waals surface area contributed by atoms with Crippen LogP contribution in [0.2, 0.25) is 0 Å². The zero-order valence-electron chi connectivity index (χ0n) is 20.4. The molecule has 0 aromatic heterocycles. The van der Waals surface area contributed by atoms with E-state index in [4.69, 9.17) is 10.7 Å². The van der Waals surface area contributed by atoms with Crippen LogP contribution in [-0.2, 0) is 5.54 Å². The first-order valence-corrected chi connectivity index (χ1v) is 11.2. The molecule has 0 atom stereocenters. The lowest BCUT2D eigenvalue weighted by molar-refractivity contribution is 0.640. The number of unbranched alkanes of at least 4 members (excludes halogenated alkanes) is 2. The van der Waals surface area contributed by atoms with Gasteiger partial charge in [-0.3, -0.25) is 4.99 Å². The van der Waals surface area contributed by atoms with Crippen LogP contribution in [0, 0.1) is 0 Å². The van der Waals surface area contributed by atoms with Crippen molar-refractivity contribution in [3.05, 3.63) is 108 Å². The van der Waals surface area contributed by atoms with Gasteiger partial charge in [0, 0.05) is 0 Å². The number of allylic oxidation sites excluding steroid dienone is 4. The standard InChI is InChI=1S/C18H20N2.C6H10.C5H12/c1-14(2)18(20-15(3)19,16-10-6-4-7-11-16)17-12-8-5-9-13-17;1-3-5-6-4-2;1-3-5-4-2/h4-13H,1H2,2-3H3,(H2,19,20);3-6H,1-2H3;3-5H2,1-2H3/b;5-3-,6-4-;. The number of aliphatic imine (C=N–C) groups is 1. The second kappa shape index (κ2) is 16.9. The summed E-state index contributed by atoms with van der Waals surface area (Å²) in [7, 11) is 0. The Morgan fingerprint density at radius 3 is 1.45 bits per heavy atom. The SMILES string of the molecule is C/C=C\C=C/C.C=C(C)C(N=C(C)N)(c1ccccc1)c1ccccc1.CCCCC. The topological polar surface area (TPSA) is 38.4 Å². The van der Waals surface area contributed by atoms with Gasteiger partial charge in [0.05, 0.1) is 5.84 Å². The molecule has 0 saturated carbocycles. The zero-order valence-corrected chi connectivity index (χ0v) is 20.4. The number of nitrogens with zero attached hydrogens (tertiary/aromatic N) is 1. The first kappa shape index (κ1) is 28.1. The highest BCUT2D eigenvalue weighted by molar-refractivity contribution is 5.79. The molecule has 2 aromatic rings. The maximum Gasteiger partial charge on any atom is 0.133 e. The van der Waals surface area contributed by atoms with Crippen LogP contribution < -0.4 is 5.73 Å². The summed E-state index contributed by atoms with van der Waals surface area (Å²) in [6.45, 7) is 16.4. The van der Waals surface area contributed by atoms with Crippen LogP contribution in [0.5, 0.6) is 0 Å². The molecule has 0 aliphatic carbocycles. The van der Waals surface area contributed by atoms with Gasteiger partial charge < -0.3 is 5.73 Å². The number of hydrogen-bond acceptors (Lipinski definition) is 1. The summed E-state index contributed by atoms with van der Waals surface area (Å²) in [5, 5.41) is 0. The van der Waals surface area contributed by atoms with Gasteiger partial charge in [0.15, 0.2) is 0 Å². The maximum absolute atomic E-state index is 5.90. The largest absolute Gasteiger partial charge is 0.388 e. The highest BCUT2D eigenvalue weighted by Gasteiger charge is 2.34. The van der Waals surface area contributed by atoms with Gasteiger partial charge in [-0.2, -0.15) is 0 Å². The van der Waals surface area contributed by atoms with E-state index >= 15 is 0 Å². The molecule has 0 spiro atoms. The van der Waals surface area contributed by atoms with Crippen molar-refractivity contribution in [2.75, 3.05) is 0 Å². The van der Waals surface area contributed by atoms with Crippen LogP contribution >= 0.6 is 0 Å². The van der Waals surface area contributed by atoms with Crippen LogP contribution in [0.3, 0.4) is 0 Å². The molecule has 0 aliphatic heterocycles. The Bertz CT molecular complexity index is 744. The van der Waals surface area contributed by atoms with Crippen LogP contribution in [0.1, 0.15) is 71.9 Å². The summed E-state index contributed by atoms with van der Waals surface area (Å²) in [6.07, 6.45) is 12.1. The highest BCUT2D eigenvalue weighted by Crippen LogP contribution is 2.39. The van der Waals surface area contributed by atoms with Gasteiger partial charge >= 0.3 is 0 Å². The molecule has 168 valence electrons. The third kappa shape index (κ3) is 10.1. The summed E-state index contributed by atoms with van der Waals surface area (Å²) >= 11 is 0. The Morgan fingerprint density at radius 1 is 0.839 bits per heavy atom. The lowest BCUT2D eigenvalue weighted by Crippen LogP contribution is -2.29. The van der Waals surface area contributed by atoms with Gasteiger partial charge in [-0.05, 0) is 44.4 Å². The van der Waals surface area contributed by atoms with Crippen molar-refractivity contribution < 1.29 is 0 Å². The van der Waals surface area contributed by atoms with E-state index in [1.807, 2.05) is 88.4 Å². The molecule has 0 saturated heterocycles. The Kier molecular flexibility index (Phi) is 15.3. The van der Waals surface area contributed by atoms with E-state index in [-0.39, 0.29) is 0 Å². The van der Waals surface area contributed by atoms with Gasteiger partial charge in [-0.15, -0.1) is 0 Å². The van der Waals surface area contributed by atoms with Crippen molar-refractivity contribution in [1.29, 1.82) is 0 Å². The number of amidine groups is 1. The number of nitrogens with two attached hydrogens (primary N) is 1. The Balaban J connectivity index is 0.000000679. The Labute approximate surface area is 191 Å². The number of rotatable bonds is 7. The summed E-state index contributed by atoms with van der Waals surface area (Å²) in [5.41, 5.74) is 8.37. The van der Waals surface area contributed by atoms with E-state index < -0.39 is 5.54 Å². The molecular weight excluding hydrogens is 376 g/mol. The van der Waals surface area contributed by atoms with Gasteiger partial charge in [-0.25, -0.2) is 0 Å². The lowest BCUT2D eigenvalue weighted by atomic mass is 9.78. The molecular formula is C29H42N2. The normalized spacial score (nSPS) is 11.5. The number of hydrogen-bond donors (Lipinski definition) is 1. The summed E-state index contributed by atoms with van der Waals surface area (Å²) in [5.74, 6) is 0.542. The Morgan fingerprint density at radius 2 is 1.23 bits per heavy atom. The first-order chi connectivity index (χ1) is 14.9. The maximum atomic E-state index is 5.90. The predicted octanol–water partition coefficient (Wildman–Crippen LogP) is 8.22. The molecule has 0 fully saturated rings. The van der Waals surface area contributed by atoms with Gasteiger partial charge in [-0.1, -0.05) is 125 Å². The van der Waals surface area contributed by atoms with Crippen molar-refractivity contribution in [3.63, 3.8) is 0 Å². The number of benzene rings is 2. The van der Waals surface area contributed by atoms with Gasteiger partial charge in [0.25, 0.3) is 0 Å². The molecule has 2 heteroatoms. The van der Waals surface area contributed by atoms with Crippen LogP contribution in [0.25, 0.3) is 0 Å². The van der Waals surface area contributed by atoms with Crippen molar-refractivity contribution >= 4 is 5.84 Å². The summed E-state index contributed by atoms with van der Waals surface area (Å²) < 4.78 is 0. The fourth-order valence-electron chi connectivity index (χ4n) is 3.08.